The monoisotopic (exact) mass is 443 g/mol. The Morgan fingerprint density at radius 1 is 0.939 bits per heavy atom. The van der Waals surface area contributed by atoms with Crippen LogP contribution in [0.25, 0.3) is 11.1 Å². The molecule has 1 atom stereocenters. The molecule has 1 N–H and O–H groups in total. The molecule has 3 aromatic rings. The van der Waals surface area contributed by atoms with Crippen molar-refractivity contribution in [3.63, 3.8) is 0 Å². The molecule has 168 valence electrons. The van der Waals surface area contributed by atoms with E-state index >= 15 is 0 Å². The largest absolute Gasteiger partial charge is 0.479 e. The highest BCUT2D eigenvalue weighted by atomic mass is 16.6. The number of hydrogen-bond donors (Lipinski definition) is 1. The predicted molar refractivity (Wildman–Crippen MR) is 123 cm³/mol. The van der Waals surface area contributed by atoms with E-state index in [4.69, 9.17) is 9.47 Å². The number of carbonyl (C=O) groups excluding carboxylic acids is 1. The van der Waals surface area contributed by atoms with Crippen molar-refractivity contribution in [2.75, 3.05) is 19.8 Å². The van der Waals surface area contributed by atoms with Crippen LogP contribution in [0.3, 0.4) is 0 Å². The molecular weight excluding hydrogens is 418 g/mol. The Bertz CT molecular complexity index is 1120. The lowest BCUT2D eigenvalue weighted by Gasteiger charge is -2.36. The van der Waals surface area contributed by atoms with Gasteiger partial charge < -0.3 is 14.6 Å². The number of amides is 1. The maximum absolute atomic E-state index is 13.4. The van der Waals surface area contributed by atoms with E-state index in [2.05, 4.69) is 24.3 Å². The third-order valence-corrected chi connectivity index (χ3v) is 6.66. The van der Waals surface area contributed by atoms with Gasteiger partial charge in [-0.1, -0.05) is 78.9 Å². The number of carboxylic acid groups (broad SMARTS) is 1. The first-order chi connectivity index (χ1) is 16.1. The topological polar surface area (TPSA) is 76.1 Å². The Labute approximate surface area is 192 Å². The summed E-state index contributed by atoms with van der Waals surface area (Å²) in [6.07, 6.45) is -0.423. The van der Waals surface area contributed by atoms with E-state index in [1.807, 2.05) is 54.6 Å². The number of ether oxygens (including phenoxy) is 2. The van der Waals surface area contributed by atoms with Gasteiger partial charge in [-0.3, -0.25) is 4.90 Å². The summed E-state index contributed by atoms with van der Waals surface area (Å²) in [5, 5.41) is 10.1. The quantitative estimate of drug-likeness (QED) is 0.599. The van der Waals surface area contributed by atoms with Gasteiger partial charge in [0.05, 0.1) is 13.2 Å². The van der Waals surface area contributed by atoms with Gasteiger partial charge in [0.1, 0.15) is 6.61 Å². The van der Waals surface area contributed by atoms with Gasteiger partial charge in [0.15, 0.2) is 5.54 Å². The standard InChI is InChI=1S/C27H25NO5/c29-25(30)27(14-15-32-18-27)28(16-19-8-2-1-3-9-19)26(31)33-17-24-22-12-6-4-10-20(22)21-11-5-7-13-23(21)24/h1-13,24H,14-18H2,(H,29,30). The zero-order chi connectivity index (χ0) is 22.8. The SMILES string of the molecule is O=C(OCC1c2ccccc2-c2ccccc21)N(Cc1ccccc1)C1(C(=O)O)CCOC1. The summed E-state index contributed by atoms with van der Waals surface area (Å²) in [5.74, 6) is -1.18. The van der Waals surface area contributed by atoms with Crippen molar-refractivity contribution in [2.24, 2.45) is 0 Å². The number of hydrogen-bond acceptors (Lipinski definition) is 4. The fourth-order valence-corrected chi connectivity index (χ4v) is 4.88. The fraction of sp³-hybridized carbons (Fsp3) is 0.259. The maximum Gasteiger partial charge on any atom is 0.411 e. The molecule has 1 heterocycles. The summed E-state index contributed by atoms with van der Waals surface area (Å²) >= 11 is 0. The van der Waals surface area contributed by atoms with Gasteiger partial charge in [-0.25, -0.2) is 9.59 Å². The Kier molecular flexibility index (Phi) is 5.60. The van der Waals surface area contributed by atoms with Gasteiger partial charge >= 0.3 is 12.1 Å². The number of nitrogens with zero attached hydrogens (tertiary/aromatic N) is 1. The second-order valence-corrected chi connectivity index (χ2v) is 8.52. The summed E-state index contributed by atoms with van der Waals surface area (Å²) in [6, 6.07) is 25.6. The van der Waals surface area contributed by atoms with Crippen LogP contribution in [-0.2, 0) is 20.8 Å². The lowest BCUT2D eigenvalue weighted by atomic mass is 9.95. The molecule has 2 aliphatic rings. The van der Waals surface area contributed by atoms with E-state index < -0.39 is 17.6 Å². The van der Waals surface area contributed by atoms with Crippen molar-refractivity contribution in [1.82, 2.24) is 4.90 Å². The van der Waals surface area contributed by atoms with Gasteiger partial charge in [0, 0.05) is 18.9 Å². The first-order valence-corrected chi connectivity index (χ1v) is 11.1. The first kappa shape index (κ1) is 21.2. The second kappa shape index (κ2) is 8.71. The Hall–Kier alpha value is -3.64. The number of rotatable bonds is 6. The van der Waals surface area contributed by atoms with E-state index in [0.717, 1.165) is 27.8 Å². The highest BCUT2D eigenvalue weighted by Gasteiger charge is 2.50. The number of carboxylic acids is 1. The van der Waals surface area contributed by atoms with E-state index in [1.54, 1.807) is 0 Å². The van der Waals surface area contributed by atoms with Gasteiger partial charge in [0.2, 0.25) is 0 Å². The number of carbonyl (C=O) groups is 2. The molecule has 1 aliphatic carbocycles. The molecule has 6 nitrogen and oxygen atoms in total. The molecule has 0 radical (unpaired) electrons. The molecule has 1 unspecified atom stereocenters. The van der Waals surface area contributed by atoms with Crippen molar-refractivity contribution in [3.05, 3.63) is 95.6 Å². The Morgan fingerprint density at radius 2 is 1.55 bits per heavy atom. The van der Waals surface area contributed by atoms with E-state index in [9.17, 15) is 14.7 Å². The van der Waals surface area contributed by atoms with Crippen LogP contribution < -0.4 is 0 Å². The van der Waals surface area contributed by atoms with Gasteiger partial charge in [-0.2, -0.15) is 0 Å². The normalized spacial score (nSPS) is 19.0. The molecular formula is C27H25NO5. The molecule has 0 bridgehead atoms. The van der Waals surface area contributed by atoms with Crippen LogP contribution in [0.5, 0.6) is 0 Å². The van der Waals surface area contributed by atoms with Crippen LogP contribution in [0.1, 0.15) is 29.0 Å². The average Bonchev–Trinajstić information content (AvgIpc) is 3.46. The molecule has 6 heteroatoms. The minimum Gasteiger partial charge on any atom is -0.479 e. The minimum absolute atomic E-state index is 0.0562. The van der Waals surface area contributed by atoms with Gasteiger partial charge in [0.25, 0.3) is 0 Å². The zero-order valence-corrected chi connectivity index (χ0v) is 18.1. The van der Waals surface area contributed by atoms with Crippen LogP contribution in [0.4, 0.5) is 4.79 Å². The molecule has 0 spiro atoms. The fourth-order valence-electron chi connectivity index (χ4n) is 4.88. The molecule has 1 saturated heterocycles. The smallest absolute Gasteiger partial charge is 0.411 e. The minimum atomic E-state index is -1.45. The van der Waals surface area contributed by atoms with E-state index in [0.29, 0.717) is 0 Å². The lowest BCUT2D eigenvalue weighted by molar-refractivity contribution is -0.151. The van der Waals surface area contributed by atoms with Crippen molar-refractivity contribution in [3.8, 4) is 11.1 Å². The van der Waals surface area contributed by atoms with Crippen molar-refractivity contribution < 1.29 is 24.2 Å². The van der Waals surface area contributed by atoms with Crippen LogP contribution in [0.2, 0.25) is 0 Å². The van der Waals surface area contributed by atoms with E-state index in [-0.39, 0.29) is 38.7 Å². The molecule has 1 amide bonds. The van der Waals surface area contributed by atoms with E-state index in [1.165, 1.54) is 4.90 Å². The highest BCUT2D eigenvalue weighted by molar-refractivity contribution is 5.85. The first-order valence-electron chi connectivity index (χ1n) is 11.1. The summed E-state index contributed by atoms with van der Waals surface area (Å²) in [6.45, 7) is 0.496. The molecule has 1 fully saturated rings. The third kappa shape index (κ3) is 3.76. The molecule has 0 aromatic heterocycles. The number of fused-ring (bicyclic) bond motifs is 3. The van der Waals surface area contributed by atoms with Crippen LogP contribution >= 0.6 is 0 Å². The number of benzene rings is 3. The van der Waals surface area contributed by atoms with Crippen LogP contribution in [-0.4, -0.2) is 47.4 Å². The average molecular weight is 443 g/mol. The Balaban J connectivity index is 1.42. The summed E-state index contributed by atoms with van der Waals surface area (Å²) in [4.78, 5) is 27.1. The van der Waals surface area contributed by atoms with Crippen LogP contribution in [0, 0.1) is 0 Å². The molecule has 3 aromatic carbocycles. The summed E-state index contributed by atoms with van der Waals surface area (Å²) in [7, 11) is 0. The van der Waals surface area contributed by atoms with Crippen molar-refractivity contribution >= 4 is 12.1 Å². The maximum atomic E-state index is 13.4. The van der Waals surface area contributed by atoms with Crippen molar-refractivity contribution in [1.29, 1.82) is 0 Å². The summed E-state index contributed by atoms with van der Waals surface area (Å²) in [5.41, 5.74) is 3.89. The second-order valence-electron chi connectivity index (χ2n) is 8.52. The van der Waals surface area contributed by atoms with Gasteiger partial charge in [-0.15, -0.1) is 0 Å². The predicted octanol–water partition coefficient (Wildman–Crippen LogP) is 4.68. The van der Waals surface area contributed by atoms with Gasteiger partial charge in [-0.05, 0) is 27.8 Å². The zero-order valence-electron chi connectivity index (χ0n) is 18.1. The molecule has 1 aliphatic heterocycles. The Morgan fingerprint density at radius 3 is 2.12 bits per heavy atom. The highest BCUT2D eigenvalue weighted by Crippen LogP contribution is 2.44. The lowest BCUT2D eigenvalue weighted by Crippen LogP contribution is -2.57. The third-order valence-electron chi connectivity index (χ3n) is 6.66. The molecule has 5 rings (SSSR count). The van der Waals surface area contributed by atoms with Crippen molar-refractivity contribution in [2.45, 2.75) is 24.4 Å². The number of aliphatic carboxylic acids is 1. The summed E-state index contributed by atoms with van der Waals surface area (Å²) < 4.78 is 11.3. The van der Waals surface area contributed by atoms with Crippen LogP contribution in [0.15, 0.2) is 78.9 Å². The molecule has 33 heavy (non-hydrogen) atoms. The molecule has 0 saturated carbocycles.